The van der Waals surface area contributed by atoms with Crippen LogP contribution >= 0.6 is 11.8 Å². The van der Waals surface area contributed by atoms with E-state index in [1.165, 1.54) is 17.3 Å². The van der Waals surface area contributed by atoms with Crippen molar-refractivity contribution in [2.45, 2.75) is 43.9 Å². The van der Waals surface area contributed by atoms with Crippen molar-refractivity contribution < 1.29 is 14.7 Å². The lowest BCUT2D eigenvalue weighted by Gasteiger charge is -2.07. The molecule has 1 aromatic carbocycles. The van der Waals surface area contributed by atoms with Gasteiger partial charge in [-0.05, 0) is 36.5 Å². The second kappa shape index (κ2) is 9.45. The number of amides is 1. The topological polar surface area (TPSA) is 66.4 Å². The van der Waals surface area contributed by atoms with E-state index in [1.54, 1.807) is 0 Å². The van der Waals surface area contributed by atoms with Crippen LogP contribution in [0.4, 0.5) is 0 Å². The predicted molar refractivity (Wildman–Crippen MR) is 85.8 cm³/mol. The molecular weight excluding hydrogens is 286 g/mol. The molecule has 0 saturated carbocycles. The first-order valence-electron chi connectivity index (χ1n) is 7.20. The fraction of sp³-hybridized carbons (Fsp3) is 0.500. The summed E-state index contributed by atoms with van der Waals surface area (Å²) >= 11 is 1.51. The minimum atomic E-state index is -0.790. The van der Waals surface area contributed by atoms with Crippen molar-refractivity contribution in [2.75, 3.05) is 12.3 Å². The summed E-state index contributed by atoms with van der Waals surface area (Å²) < 4.78 is 0. The van der Waals surface area contributed by atoms with Crippen molar-refractivity contribution in [3.63, 3.8) is 0 Å². The highest BCUT2D eigenvalue weighted by molar-refractivity contribution is 8.00. The van der Waals surface area contributed by atoms with Crippen molar-refractivity contribution in [3.05, 3.63) is 29.8 Å². The van der Waals surface area contributed by atoms with Crippen LogP contribution in [-0.4, -0.2) is 29.3 Å². The number of hydrogen-bond acceptors (Lipinski definition) is 3. The molecule has 0 unspecified atom stereocenters. The van der Waals surface area contributed by atoms with Crippen LogP contribution in [0.25, 0.3) is 0 Å². The first-order valence-corrected chi connectivity index (χ1v) is 8.19. The van der Waals surface area contributed by atoms with Crippen LogP contribution in [0, 0.1) is 0 Å². The molecule has 21 heavy (non-hydrogen) atoms. The maximum absolute atomic E-state index is 11.6. The number of carboxylic acid groups (broad SMARTS) is 1. The first kappa shape index (κ1) is 17.6. The Labute approximate surface area is 130 Å². The lowest BCUT2D eigenvalue weighted by molar-refractivity contribution is -0.137. The number of nitrogens with one attached hydrogen (secondary N) is 1. The summed E-state index contributed by atoms with van der Waals surface area (Å²) in [7, 11) is 0. The van der Waals surface area contributed by atoms with E-state index in [-0.39, 0.29) is 12.3 Å². The van der Waals surface area contributed by atoms with E-state index in [0.717, 1.165) is 4.90 Å². The lowest BCUT2D eigenvalue weighted by Crippen LogP contribution is -2.26. The molecule has 0 fully saturated rings. The molecule has 2 N–H and O–H groups in total. The van der Waals surface area contributed by atoms with E-state index in [4.69, 9.17) is 5.11 Å². The monoisotopic (exact) mass is 309 g/mol. The number of carbonyl (C=O) groups is 2. The third kappa shape index (κ3) is 7.75. The summed E-state index contributed by atoms with van der Waals surface area (Å²) in [5.41, 5.74) is 1.29. The normalized spacial score (nSPS) is 10.6. The zero-order valence-corrected chi connectivity index (χ0v) is 13.4. The maximum Gasteiger partial charge on any atom is 0.303 e. The molecule has 0 saturated heterocycles. The number of hydrogen-bond donors (Lipinski definition) is 2. The van der Waals surface area contributed by atoms with Gasteiger partial charge in [-0.25, -0.2) is 0 Å². The Bertz CT molecular complexity index is 457. The Morgan fingerprint density at radius 1 is 1.19 bits per heavy atom. The highest BCUT2D eigenvalue weighted by atomic mass is 32.2. The average Bonchev–Trinajstić information content (AvgIpc) is 2.44. The molecule has 1 rings (SSSR count). The summed E-state index contributed by atoms with van der Waals surface area (Å²) in [6.45, 7) is 4.85. The van der Waals surface area contributed by atoms with Gasteiger partial charge in [0.2, 0.25) is 5.91 Å². The van der Waals surface area contributed by atoms with Gasteiger partial charge in [0.25, 0.3) is 0 Å². The number of unbranched alkanes of at least 4 members (excludes halogenated alkanes) is 1. The van der Waals surface area contributed by atoms with Crippen LogP contribution in [0.1, 0.15) is 44.6 Å². The van der Waals surface area contributed by atoms with Gasteiger partial charge in [0.05, 0.1) is 5.75 Å². The third-order valence-corrected chi connectivity index (χ3v) is 4.07. The molecule has 0 aliphatic heterocycles. The van der Waals surface area contributed by atoms with Crippen molar-refractivity contribution >= 4 is 23.6 Å². The van der Waals surface area contributed by atoms with Gasteiger partial charge in [0.1, 0.15) is 0 Å². The largest absolute Gasteiger partial charge is 0.481 e. The number of aliphatic carboxylic acids is 1. The van der Waals surface area contributed by atoms with Gasteiger partial charge in [-0.15, -0.1) is 11.8 Å². The molecule has 0 aliphatic rings. The molecule has 1 amide bonds. The molecule has 0 aliphatic carbocycles. The highest BCUT2D eigenvalue weighted by Crippen LogP contribution is 2.21. The number of thioether (sulfide) groups is 1. The Kier molecular flexibility index (Phi) is 7.90. The Morgan fingerprint density at radius 3 is 2.43 bits per heavy atom. The Morgan fingerprint density at radius 2 is 1.86 bits per heavy atom. The number of rotatable bonds is 9. The van der Waals surface area contributed by atoms with Gasteiger partial charge < -0.3 is 10.4 Å². The molecule has 1 aromatic rings. The first-order chi connectivity index (χ1) is 9.99. The second-order valence-electron chi connectivity index (χ2n) is 5.21. The molecule has 0 bridgehead atoms. The quantitative estimate of drug-likeness (QED) is 0.543. The molecule has 0 aromatic heterocycles. The van der Waals surface area contributed by atoms with E-state index in [1.807, 2.05) is 12.1 Å². The summed E-state index contributed by atoms with van der Waals surface area (Å²) in [6.07, 6.45) is 1.46. The van der Waals surface area contributed by atoms with Gasteiger partial charge in [-0.1, -0.05) is 26.0 Å². The predicted octanol–water partition coefficient (Wildman–Crippen LogP) is 3.27. The van der Waals surface area contributed by atoms with Crippen LogP contribution in [0.15, 0.2) is 29.2 Å². The molecule has 5 heteroatoms. The molecule has 0 heterocycles. The van der Waals surface area contributed by atoms with E-state index in [9.17, 15) is 9.59 Å². The summed E-state index contributed by atoms with van der Waals surface area (Å²) in [4.78, 5) is 23.1. The van der Waals surface area contributed by atoms with Crippen molar-refractivity contribution in [1.29, 1.82) is 0 Å². The van der Waals surface area contributed by atoms with Gasteiger partial charge in [0.15, 0.2) is 0 Å². The minimum absolute atomic E-state index is 0.0109. The van der Waals surface area contributed by atoms with Gasteiger partial charge in [0, 0.05) is 17.9 Å². The lowest BCUT2D eigenvalue weighted by atomic mass is 10.0. The van der Waals surface area contributed by atoms with E-state index >= 15 is 0 Å². The van der Waals surface area contributed by atoms with E-state index in [2.05, 4.69) is 31.3 Å². The Balaban J connectivity index is 2.19. The highest BCUT2D eigenvalue weighted by Gasteiger charge is 2.04. The zero-order chi connectivity index (χ0) is 15.7. The summed E-state index contributed by atoms with van der Waals surface area (Å²) in [5.74, 6) is 0.100. The van der Waals surface area contributed by atoms with E-state index in [0.29, 0.717) is 31.1 Å². The molecule has 116 valence electrons. The van der Waals surface area contributed by atoms with Crippen LogP contribution in [0.3, 0.4) is 0 Å². The molecule has 0 spiro atoms. The SMILES string of the molecule is CC(C)c1ccc(SCC(=O)NCCCCC(=O)O)cc1. The molecule has 0 radical (unpaired) electrons. The Hall–Kier alpha value is -1.49. The zero-order valence-electron chi connectivity index (χ0n) is 12.6. The van der Waals surface area contributed by atoms with Gasteiger partial charge in [-0.3, -0.25) is 9.59 Å². The van der Waals surface area contributed by atoms with Crippen LogP contribution < -0.4 is 5.32 Å². The molecular formula is C16H23NO3S. The minimum Gasteiger partial charge on any atom is -0.481 e. The smallest absolute Gasteiger partial charge is 0.303 e. The summed E-state index contributed by atoms with van der Waals surface area (Å²) in [6, 6.07) is 8.27. The number of carboxylic acids is 1. The van der Waals surface area contributed by atoms with Crippen molar-refractivity contribution in [2.24, 2.45) is 0 Å². The second-order valence-corrected chi connectivity index (χ2v) is 6.26. The molecule has 4 nitrogen and oxygen atoms in total. The summed E-state index contributed by atoms with van der Waals surface area (Å²) in [5, 5.41) is 11.3. The van der Waals surface area contributed by atoms with Crippen molar-refractivity contribution in [1.82, 2.24) is 5.32 Å². The fourth-order valence-electron chi connectivity index (χ4n) is 1.78. The van der Waals surface area contributed by atoms with Crippen molar-refractivity contribution in [3.8, 4) is 0 Å². The standard InChI is InChI=1S/C16H23NO3S/c1-12(2)13-6-8-14(9-7-13)21-11-15(18)17-10-4-3-5-16(19)20/h6-9,12H,3-5,10-11H2,1-2H3,(H,17,18)(H,19,20). The third-order valence-electron chi connectivity index (χ3n) is 3.06. The maximum atomic E-state index is 11.6. The van der Waals surface area contributed by atoms with E-state index < -0.39 is 5.97 Å². The average molecular weight is 309 g/mol. The number of benzene rings is 1. The number of carbonyl (C=O) groups excluding carboxylic acids is 1. The van der Waals surface area contributed by atoms with Gasteiger partial charge >= 0.3 is 5.97 Å². The van der Waals surface area contributed by atoms with Crippen LogP contribution in [-0.2, 0) is 9.59 Å². The van der Waals surface area contributed by atoms with Gasteiger partial charge in [-0.2, -0.15) is 0 Å². The van der Waals surface area contributed by atoms with Crippen LogP contribution in [0.5, 0.6) is 0 Å². The molecule has 0 atom stereocenters. The fourth-order valence-corrected chi connectivity index (χ4v) is 2.51. The van der Waals surface area contributed by atoms with Crippen LogP contribution in [0.2, 0.25) is 0 Å².